The number of aromatic carboxylic acids is 1. The Morgan fingerprint density at radius 1 is 1.50 bits per heavy atom. The number of halogens is 1. The zero-order valence-corrected chi connectivity index (χ0v) is 10.9. The highest BCUT2D eigenvalue weighted by Crippen LogP contribution is 2.21. The number of carbonyl (C=O) groups excluding carboxylic acids is 1. The van der Waals surface area contributed by atoms with Crippen LogP contribution in [-0.4, -0.2) is 29.0 Å². The molecule has 0 aliphatic heterocycles. The smallest absolute Gasteiger partial charge is 0.337 e. The molecule has 0 unspecified atom stereocenters. The van der Waals surface area contributed by atoms with Crippen molar-refractivity contribution < 1.29 is 14.7 Å². The molecule has 0 aliphatic rings. The maximum atomic E-state index is 11.3. The van der Waals surface area contributed by atoms with E-state index < -0.39 is 5.97 Å². The van der Waals surface area contributed by atoms with Crippen molar-refractivity contribution in [3.05, 3.63) is 28.2 Å². The van der Waals surface area contributed by atoms with E-state index in [9.17, 15) is 9.59 Å². The van der Waals surface area contributed by atoms with E-state index in [2.05, 4.69) is 21.2 Å². The van der Waals surface area contributed by atoms with Crippen LogP contribution in [-0.2, 0) is 4.79 Å². The Bertz CT molecular complexity index is 423. The third kappa shape index (κ3) is 3.53. The highest BCUT2D eigenvalue weighted by molar-refractivity contribution is 9.10. The van der Waals surface area contributed by atoms with E-state index in [0.717, 1.165) is 0 Å². The van der Waals surface area contributed by atoms with Gasteiger partial charge in [0.25, 0.3) is 0 Å². The Balaban J connectivity index is 2.95. The molecule has 0 atom stereocenters. The van der Waals surface area contributed by atoms with Crippen LogP contribution in [0.5, 0.6) is 0 Å². The van der Waals surface area contributed by atoms with Gasteiger partial charge in [-0.15, -0.1) is 0 Å². The lowest BCUT2D eigenvalue weighted by atomic mass is 10.2. The summed E-state index contributed by atoms with van der Waals surface area (Å²) in [6.07, 6.45) is 1.80. The third-order valence-electron chi connectivity index (χ3n) is 1.76. The number of hydrogen-bond acceptors (Lipinski definition) is 3. The Morgan fingerprint density at radius 2 is 2.19 bits per heavy atom. The van der Waals surface area contributed by atoms with Gasteiger partial charge in [0.15, 0.2) is 0 Å². The molecule has 0 bridgehead atoms. The van der Waals surface area contributed by atoms with Gasteiger partial charge in [0.1, 0.15) is 0 Å². The maximum absolute atomic E-state index is 11.3. The van der Waals surface area contributed by atoms with Crippen molar-refractivity contribution in [2.24, 2.45) is 0 Å². The largest absolute Gasteiger partial charge is 0.478 e. The molecule has 1 amide bonds. The minimum Gasteiger partial charge on any atom is -0.478 e. The molecule has 0 saturated carbocycles. The normalized spacial score (nSPS) is 9.88. The second kappa shape index (κ2) is 5.91. The van der Waals surface area contributed by atoms with Crippen LogP contribution >= 0.6 is 27.7 Å². The van der Waals surface area contributed by atoms with Crippen molar-refractivity contribution in [1.29, 1.82) is 0 Å². The monoisotopic (exact) mass is 303 g/mol. The van der Waals surface area contributed by atoms with Crippen molar-refractivity contribution in [3.8, 4) is 0 Å². The van der Waals surface area contributed by atoms with Crippen LogP contribution in [0.2, 0.25) is 0 Å². The predicted molar refractivity (Wildman–Crippen MR) is 68.1 cm³/mol. The summed E-state index contributed by atoms with van der Waals surface area (Å²) in [5.41, 5.74) is 0.388. The number of carbonyl (C=O) groups is 2. The number of carboxylic acids is 1. The molecule has 1 rings (SSSR count). The summed E-state index contributed by atoms with van der Waals surface area (Å²) in [5.74, 6) is -0.979. The molecular weight excluding hydrogens is 294 g/mol. The number of carboxylic acid groups (broad SMARTS) is 1. The van der Waals surface area contributed by atoms with E-state index >= 15 is 0 Å². The fourth-order valence-electron chi connectivity index (χ4n) is 1.12. The van der Waals surface area contributed by atoms with Gasteiger partial charge in [0.2, 0.25) is 5.91 Å². The Morgan fingerprint density at radius 3 is 2.75 bits per heavy atom. The number of rotatable bonds is 4. The molecule has 0 aliphatic carbocycles. The summed E-state index contributed by atoms with van der Waals surface area (Å²) in [6.45, 7) is 0. The summed E-state index contributed by atoms with van der Waals surface area (Å²) >= 11 is 4.56. The molecule has 1 aromatic carbocycles. The Labute approximate surface area is 106 Å². The number of nitrogens with one attached hydrogen (secondary N) is 1. The van der Waals surface area contributed by atoms with Gasteiger partial charge in [-0.05, 0) is 24.5 Å². The molecule has 0 fully saturated rings. The fraction of sp³-hybridized carbons (Fsp3) is 0.200. The van der Waals surface area contributed by atoms with Gasteiger partial charge in [-0.25, -0.2) is 4.79 Å². The van der Waals surface area contributed by atoms with E-state index in [4.69, 9.17) is 5.11 Å². The highest BCUT2D eigenvalue weighted by Gasteiger charge is 2.12. The van der Waals surface area contributed by atoms with Crippen LogP contribution in [0.4, 0.5) is 5.69 Å². The summed E-state index contributed by atoms with van der Waals surface area (Å²) in [7, 11) is 0. The molecule has 16 heavy (non-hydrogen) atoms. The first-order chi connectivity index (χ1) is 7.54. The summed E-state index contributed by atoms with van der Waals surface area (Å²) < 4.78 is 0.660. The minimum absolute atomic E-state index is 0.0730. The molecule has 1 aromatic rings. The Hall–Kier alpha value is -1.01. The fourth-order valence-corrected chi connectivity index (χ4v) is 1.82. The lowest BCUT2D eigenvalue weighted by molar-refractivity contribution is -0.113. The number of amides is 1. The minimum atomic E-state index is -1.07. The van der Waals surface area contributed by atoms with Crippen molar-refractivity contribution in [3.63, 3.8) is 0 Å². The number of hydrogen-bond donors (Lipinski definition) is 2. The molecule has 4 nitrogen and oxygen atoms in total. The van der Waals surface area contributed by atoms with Gasteiger partial charge in [-0.3, -0.25) is 4.79 Å². The summed E-state index contributed by atoms with van der Waals surface area (Å²) in [4.78, 5) is 22.3. The topological polar surface area (TPSA) is 66.4 Å². The van der Waals surface area contributed by atoms with Crippen molar-refractivity contribution >= 4 is 45.3 Å². The molecule has 0 saturated heterocycles. The van der Waals surface area contributed by atoms with Crippen LogP contribution in [0.15, 0.2) is 22.7 Å². The molecule has 2 N–H and O–H groups in total. The number of benzene rings is 1. The van der Waals surface area contributed by atoms with Crippen LogP contribution in [0.1, 0.15) is 10.4 Å². The molecule has 6 heteroatoms. The lowest BCUT2D eigenvalue weighted by Crippen LogP contribution is -2.16. The van der Waals surface area contributed by atoms with Gasteiger partial charge >= 0.3 is 5.97 Å². The quantitative estimate of drug-likeness (QED) is 0.896. The predicted octanol–water partition coefficient (Wildman–Crippen LogP) is 2.45. The maximum Gasteiger partial charge on any atom is 0.337 e. The standard InChI is InChI=1S/C10H10BrNO3S/c1-16-5-9(13)12-8-3-2-6(11)4-7(8)10(14)15/h2-4H,5H2,1H3,(H,12,13)(H,14,15). The molecule has 0 heterocycles. The Kier molecular flexibility index (Phi) is 4.82. The van der Waals surface area contributed by atoms with E-state index in [0.29, 0.717) is 15.9 Å². The van der Waals surface area contributed by atoms with Crippen molar-refractivity contribution in [1.82, 2.24) is 0 Å². The number of anilines is 1. The second-order valence-electron chi connectivity index (χ2n) is 2.98. The van der Waals surface area contributed by atoms with E-state index in [1.54, 1.807) is 18.4 Å². The zero-order chi connectivity index (χ0) is 12.1. The second-order valence-corrected chi connectivity index (χ2v) is 4.76. The van der Waals surface area contributed by atoms with Gasteiger partial charge in [0.05, 0.1) is 17.0 Å². The van der Waals surface area contributed by atoms with Gasteiger partial charge < -0.3 is 10.4 Å². The highest BCUT2D eigenvalue weighted by atomic mass is 79.9. The van der Waals surface area contributed by atoms with E-state index in [1.165, 1.54) is 17.8 Å². The lowest BCUT2D eigenvalue weighted by Gasteiger charge is -2.08. The molecule has 86 valence electrons. The first kappa shape index (κ1) is 13.1. The average molecular weight is 304 g/mol. The number of thioether (sulfide) groups is 1. The van der Waals surface area contributed by atoms with Gasteiger partial charge in [-0.2, -0.15) is 11.8 Å². The molecule has 0 radical (unpaired) electrons. The zero-order valence-electron chi connectivity index (χ0n) is 8.49. The van der Waals surface area contributed by atoms with Crippen LogP contribution < -0.4 is 5.32 Å². The molecule has 0 aromatic heterocycles. The molecular formula is C10H10BrNO3S. The first-order valence-corrected chi connectivity index (χ1v) is 6.55. The third-order valence-corrected chi connectivity index (χ3v) is 2.81. The van der Waals surface area contributed by atoms with Gasteiger partial charge in [0, 0.05) is 4.47 Å². The first-order valence-electron chi connectivity index (χ1n) is 4.36. The van der Waals surface area contributed by atoms with Crippen molar-refractivity contribution in [2.75, 3.05) is 17.3 Å². The summed E-state index contributed by atoms with van der Waals surface area (Å²) in [6, 6.07) is 4.70. The van der Waals surface area contributed by atoms with Crippen LogP contribution in [0.25, 0.3) is 0 Å². The van der Waals surface area contributed by atoms with Gasteiger partial charge in [-0.1, -0.05) is 15.9 Å². The average Bonchev–Trinajstić information content (AvgIpc) is 2.20. The summed E-state index contributed by atoms with van der Waals surface area (Å²) in [5, 5.41) is 11.5. The molecule has 0 spiro atoms. The van der Waals surface area contributed by atoms with Crippen LogP contribution in [0.3, 0.4) is 0 Å². The van der Waals surface area contributed by atoms with Crippen LogP contribution in [0, 0.1) is 0 Å². The van der Waals surface area contributed by atoms with E-state index in [1.807, 2.05) is 0 Å². The van der Waals surface area contributed by atoms with E-state index in [-0.39, 0.29) is 11.5 Å². The van der Waals surface area contributed by atoms with Crippen molar-refractivity contribution in [2.45, 2.75) is 0 Å². The SMILES string of the molecule is CSCC(=O)Nc1ccc(Br)cc1C(=O)O.